The molecule has 2 aliphatic rings. The molecule has 4 heterocycles. The summed E-state index contributed by atoms with van der Waals surface area (Å²) in [6.45, 7) is 2.17. The number of piperazine rings is 1. The first kappa shape index (κ1) is 12.3. The van der Waals surface area contributed by atoms with Crippen LogP contribution in [0.25, 0.3) is 10.6 Å². The lowest BCUT2D eigenvalue weighted by molar-refractivity contribution is 0.211. The maximum Gasteiger partial charge on any atom is 0.151 e. The zero-order valence-electron chi connectivity index (χ0n) is 11.6. The van der Waals surface area contributed by atoms with Gasteiger partial charge in [-0.05, 0) is 43.5 Å². The first-order valence-electron chi connectivity index (χ1n) is 7.16. The topological polar surface area (TPSA) is 32.3 Å². The van der Waals surface area contributed by atoms with E-state index in [9.17, 15) is 0 Å². The molecule has 2 bridgehead atoms. The van der Waals surface area contributed by atoms with Gasteiger partial charge < -0.3 is 4.90 Å². The van der Waals surface area contributed by atoms with Crippen LogP contribution in [-0.2, 0) is 0 Å². The number of aromatic nitrogens is 2. The van der Waals surface area contributed by atoms with Gasteiger partial charge in [-0.15, -0.1) is 21.5 Å². The van der Waals surface area contributed by atoms with Gasteiger partial charge in [0, 0.05) is 25.2 Å². The van der Waals surface area contributed by atoms with Crippen LogP contribution in [0.3, 0.4) is 0 Å². The number of thiophene rings is 1. The van der Waals surface area contributed by atoms with Gasteiger partial charge in [-0.25, -0.2) is 0 Å². The molecule has 0 aromatic carbocycles. The summed E-state index contributed by atoms with van der Waals surface area (Å²) in [5.41, 5.74) is 0.973. The molecule has 0 N–H and O–H groups in total. The van der Waals surface area contributed by atoms with Crippen molar-refractivity contribution in [1.82, 2.24) is 15.1 Å². The maximum absolute atomic E-state index is 4.44. The van der Waals surface area contributed by atoms with Crippen LogP contribution in [0.2, 0.25) is 0 Å². The van der Waals surface area contributed by atoms with E-state index in [1.165, 1.54) is 17.7 Å². The van der Waals surface area contributed by atoms with Gasteiger partial charge >= 0.3 is 0 Å². The van der Waals surface area contributed by atoms with Crippen LogP contribution in [0.1, 0.15) is 12.8 Å². The molecule has 0 saturated carbocycles. The van der Waals surface area contributed by atoms with Crippen LogP contribution < -0.4 is 4.90 Å². The molecular weight excluding hydrogens is 268 g/mol. The summed E-state index contributed by atoms with van der Waals surface area (Å²) in [4.78, 5) is 6.11. The van der Waals surface area contributed by atoms with Crippen molar-refractivity contribution in [1.29, 1.82) is 0 Å². The van der Waals surface area contributed by atoms with E-state index in [0.717, 1.165) is 24.6 Å². The smallest absolute Gasteiger partial charge is 0.151 e. The van der Waals surface area contributed by atoms with Crippen LogP contribution >= 0.6 is 11.3 Å². The first-order chi connectivity index (χ1) is 9.81. The number of nitrogens with zero attached hydrogens (tertiary/aromatic N) is 4. The van der Waals surface area contributed by atoms with Crippen molar-refractivity contribution in [2.45, 2.75) is 24.9 Å². The molecule has 4 nitrogen and oxygen atoms in total. The predicted molar refractivity (Wildman–Crippen MR) is 82.1 cm³/mol. The summed E-state index contributed by atoms with van der Waals surface area (Å²) in [6, 6.07) is 9.72. The second-order valence-corrected chi connectivity index (χ2v) is 6.66. The second kappa shape index (κ2) is 4.82. The highest BCUT2D eigenvalue weighted by Gasteiger charge is 2.37. The fourth-order valence-electron chi connectivity index (χ4n) is 3.35. The molecule has 5 heteroatoms. The molecule has 0 unspecified atom stereocenters. The minimum atomic E-state index is 0.688. The van der Waals surface area contributed by atoms with E-state index in [1.54, 1.807) is 11.3 Å². The Morgan fingerprint density at radius 2 is 1.90 bits per heavy atom. The second-order valence-electron chi connectivity index (χ2n) is 5.71. The summed E-state index contributed by atoms with van der Waals surface area (Å²) in [5.74, 6) is 1.02. The Hall–Kier alpha value is -1.46. The quantitative estimate of drug-likeness (QED) is 0.849. The average molecular weight is 286 g/mol. The van der Waals surface area contributed by atoms with E-state index >= 15 is 0 Å². The summed E-state index contributed by atoms with van der Waals surface area (Å²) in [7, 11) is 2.26. The standard InChI is InChI=1S/C15H18N4S/c1-18-11-4-5-12(18)10-19(9-11)15-7-6-13(16-17-15)14-3-2-8-20-14/h2-3,6-8,11-12H,4-5,9-10H2,1H3/t11-,12+. The molecule has 0 spiro atoms. The SMILES string of the molecule is CN1[C@@H]2CC[C@H]1CN(c1ccc(-c3cccs3)nn1)C2. The van der Waals surface area contributed by atoms with Crippen LogP contribution in [-0.4, -0.2) is 47.3 Å². The van der Waals surface area contributed by atoms with Crippen LogP contribution in [0.5, 0.6) is 0 Å². The fraction of sp³-hybridized carbons (Fsp3) is 0.467. The highest BCUT2D eigenvalue weighted by atomic mass is 32.1. The molecular formula is C15H18N4S. The van der Waals surface area contributed by atoms with Gasteiger partial charge in [0.25, 0.3) is 0 Å². The van der Waals surface area contributed by atoms with Gasteiger partial charge in [0.2, 0.25) is 0 Å². The van der Waals surface area contributed by atoms with Gasteiger partial charge in [-0.1, -0.05) is 6.07 Å². The number of hydrogen-bond acceptors (Lipinski definition) is 5. The molecule has 2 aliphatic heterocycles. The Labute approximate surface area is 123 Å². The van der Waals surface area contributed by atoms with Crippen LogP contribution in [0.4, 0.5) is 5.82 Å². The Bertz CT molecular complexity index is 566. The molecule has 0 aliphatic carbocycles. The zero-order chi connectivity index (χ0) is 13.5. The lowest BCUT2D eigenvalue weighted by Gasteiger charge is -2.39. The third-order valence-electron chi connectivity index (χ3n) is 4.60. The maximum atomic E-state index is 4.44. The first-order valence-corrected chi connectivity index (χ1v) is 8.04. The Balaban J connectivity index is 1.55. The van der Waals surface area contributed by atoms with E-state index < -0.39 is 0 Å². The highest BCUT2D eigenvalue weighted by Crippen LogP contribution is 2.31. The molecule has 2 aromatic rings. The molecule has 2 atom stereocenters. The Morgan fingerprint density at radius 3 is 2.50 bits per heavy atom. The minimum Gasteiger partial charge on any atom is -0.352 e. The van der Waals surface area contributed by atoms with E-state index in [-0.39, 0.29) is 0 Å². The van der Waals surface area contributed by atoms with E-state index in [4.69, 9.17) is 0 Å². The molecule has 0 radical (unpaired) electrons. The summed E-state index contributed by atoms with van der Waals surface area (Å²) >= 11 is 1.71. The monoisotopic (exact) mass is 286 g/mol. The van der Waals surface area contributed by atoms with Crippen LogP contribution in [0, 0.1) is 0 Å². The van der Waals surface area contributed by atoms with E-state index in [1.807, 2.05) is 6.07 Å². The third-order valence-corrected chi connectivity index (χ3v) is 5.49. The predicted octanol–water partition coefficient (Wildman–Crippen LogP) is 2.49. The molecule has 2 fully saturated rings. The average Bonchev–Trinajstić information content (AvgIpc) is 3.06. The Morgan fingerprint density at radius 1 is 1.10 bits per heavy atom. The van der Waals surface area contributed by atoms with Crippen molar-refractivity contribution in [3.8, 4) is 10.6 Å². The van der Waals surface area contributed by atoms with Gasteiger partial charge in [0.05, 0.1) is 4.88 Å². The molecule has 20 heavy (non-hydrogen) atoms. The molecule has 2 saturated heterocycles. The van der Waals surface area contributed by atoms with Gasteiger partial charge in [0.15, 0.2) is 5.82 Å². The number of rotatable bonds is 2. The molecule has 0 amide bonds. The van der Waals surface area contributed by atoms with Crippen molar-refractivity contribution in [2.75, 3.05) is 25.0 Å². The number of likely N-dealkylation sites (N-methyl/N-ethyl adjacent to an activating group) is 1. The number of hydrogen-bond donors (Lipinski definition) is 0. The summed E-state index contributed by atoms with van der Waals surface area (Å²) in [5, 5.41) is 10.9. The lowest BCUT2D eigenvalue weighted by atomic mass is 10.2. The minimum absolute atomic E-state index is 0.688. The van der Waals surface area contributed by atoms with Gasteiger partial charge in [-0.3, -0.25) is 4.90 Å². The van der Waals surface area contributed by atoms with Gasteiger partial charge in [-0.2, -0.15) is 0 Å². The molecule has 2 aromatic heterocycles. The summed E-state index contributed by atoms with van der Waals surface area (Å²) in [6.07, 6.45) is 2.64. The third kappa shape index (κ3) is 2.01. The summed E-state index contributed by atoms with van der Waals surface area (Å²) < 4.78 is 0. The molecule has 104 valence electrons. The van der Waals surface area contributed by atoms with Crippen molar-refractivity contribution in [3.63, 3.8) is 0 Å². The van der Waals surface area contributed by atoms with Crippen molar-refractivity contribution in [3.05, 3.63) is 29.6 Å². The zero-order valence-corrected chi connectivity index (χ0v) is 12.4. The van der Waals surface area contributed by atoms with E-state index in [0.29, 0.717) is 12.1 Å². The normalized spacial score (nSPS) is 26.1. The van der Waals surface area contributed by atoms with Crippen molar-refractivity contribution >= 4 is 17.2 Å². The van der Waals surface area contributed by atoms with E-state index in [2.05, 4.69) is 50.6 Å². The van der Waals surface area contributed by atoms with Crippen LogP contribution in [0.15, 0.2) is 29.6 Å². The number of anilines is 1. The fourth-order valence-corrected chi connectivity index (χ4v) is 4.04. The number of fused-ring (bicyclic) bond motifs is 2. The van der Waals surface area contributed by atoms with Gasteiger partial charge in [0.1, 0.15) is 5.69 Å². The largest absolute Gasteiger partial charge is 0.352 e. The molecule has 4 rings (SSSR count). The Kier molecular flexibility index (Phi) is 2.97. The van der Waals surface area contributed by atoms with Crippen molar-refractivity contribution in [2.24, 2.45) is 0 Å². The highest BCUT2D eigenvalue weighted by molar-refractivity contribution is 7.13. The lowest BCUT2D eigenvalue weighted by Crippen LogP contribution is -2.52. The van der Waals surface area contributed by atoms with Crippen molar-refractivity contribution < 1.29 is 0 Å².